The smallest absolute Gasteiger partial charge is 0.255 e. The molecular weight excluding hydrogens is 446 g/mol. The Balaban J connectivity index is 1.40. The Labute approximate surface area is 203 Å². The highest BCUT2D eigenvalue weighted by molar-refractivity contribution is 7.20. The monoisotopic (exact) mass is 475 g/mol. The van der Waals surface area contributed by atoms with Crippen molar-refractivity contribution in [3.8, 4) is 11.3 Å². The first-order chi connectivity index (χ1) is 16.3. The van der Waals surface area contributed by atoms with Crippen molar-refractivity contribution in [3.05, 3.63) is 59.9 Å². The molecule has 0 unspecified atom stereocenters. The van der Waals surface area contributed by atoms with E-state index in [1.54, 1.807) is 29.8 Å². The first-order valence-corrected chi connectivity index (χ1v) is 12.3. The largest absolute Gasteiger partial charge is 0.364 e. The lowest BCUT2D eigenvalue weighted by atomic mass is 10.1. The fourth-order valence-electron chi connectivity index (χ4n) is 4.10. The molecule has 4 heterocycles. The highest BCUT2D eigenvalue weighted by Crippen LogP contribution is 2.35. The van der Waals surface area contributed by atoms with E-state index in [4.69, 9.17) is 10.1 Å². The van der Waals surface area contributed by atoms with Gasteiger partial charge in [0.1, 0.15) is 5.69 Å². The number of rotatable bonds is 4. The van der Waals surface area contributed by atoms with Gasteiger partial charge < -0.3 is 15.1 Å². The van der Waals surface area contributed by atoms with Crippen LogP contribution in [0.4, 0.5) is 10.9 Å². The van der Waals surface area contributed by atoms with E-state index in [-0.39, 0.29) is 11.4 Å². The number of amides is 1. The van der Waals surface area contributed by atoms with E-state index >= 15 is 0 Å². The molecular formula is C25H29N7OS. The second kappa shape index (κ2) is 8.72. The molecule has 1 aromatic carbocycles. The summed E-state index contributed by atoms with van der Waals surface area (Å²) >= 11 is 1.58. The average molecular weight is 476 g/mol. The summed E-state index contributed by atoms with van der Waals surface area (Å²) in [5.74, 6) is 0.933. The zero-order chi connectivity index (χ0) is 23.9. The SMILES string of the molecule is Cc1cccc(-c2nc3sc(N4CCN(C(=O)c5cccnc5)CC4)nn3c2NC(C)(C)C)c1. The van der Waals surface area contributed by atoms with E-state index in [9.17, 15) is 4.79 Å². The molecule has 8 nitrogen and oxygen atoms in total. The molecule has 5 rings (SSSR count). The number of aromatic nitrogens is 4. The minimum absolute atomic E-state index is 0.0288. The number of carbonyl (C=O) groups excluding carboxylic acids is 1. The highest BCUT2D eigenvalue weighted by Gasteiger charge is 2.27. The van der Waals surface area contributed by atoms with Gasteiger partial charge in [-0.05, 0) is 45.9 Å². The van der Waals surface area contributed by atoms with E-state index in [0.717, 1.165) is 40.3 Å². The second-order valence-corrected chi connectivity index (χ2v) is 10.6. The molecule has 0 saturated carbocycles. The van der Waals surface area contributed by atoms with Crippen LogP contribution in [0.15, 0.2) is 48.8 Å². The van der Waals surface area contributed by atoms with Crippen LogP contribution in [-0.2, 0) is 0 Å². The predicted octanol–water partition coefficient (Wildman–Crippen LogP) is 4.33. The lowest BCUT2D eigenvalue weighted by molar-refractivity contribution is 0.0746. The second-order valence-electron chi connectivity index (χ2n) is 9.65. The van der Waals surface area contributed by atoms with Gasteiger partial charge in [0.25, 0.3) is 5.91 Å². The number of carbonyl (C=O) groups is 1. The molecule has 1 aliphatic rings. The van der Waals surface area contributed by atoms with Gasteiger partial charge in [-0.3, -0.25) is 9.78 Å². The van der Waals surface area contributed by atoms with E-state index in [1.165, 1.54) is 5.56 Å². The van der Waals surface area contributed by atoms with E-state index in [1.807, 2.05) is 15.5 Å². The Morgan fingerprint density at radius 1 is 1.09 bits per heavy atom. The molecule has 176 valence electrons. The number of pyridine rings is 1. The summed E-state index contributed by atoms with van der Waals surface area (Å²) in [5, 5.41) is 9.47. The van der Waals surface area contributed by atoms with Crippen molar-refractivity contribution in [1.29, 1.82) is 0 Å². The molecule has 1 amide bonds. The number of imidazole rings is 1. The number of benzene rings is 1. The highest BCUT2D eigenvalue weighted by atomic mass is 32.1. The van der Waals surface area contributed by atoms with Gasteiger partial charge in [-0.25, -0.2) is 4.98 Å². The number of fused-ring (bicyclic) bond motifs is 1. The number of piperazine rings is 1. The van der Waals surface area contributed by atoms with Gasteiger partial charge in [0.05, 0.1) is 5.56 Å². The van der Waals surface area contributed by atoms with Gasteiger partial charge >= 0.3 is 0 Å². The van der Waals surface area contributed by atoms with Gasteiger partial charge in [0, 0.05) is 49.7 Å². The van der Waals surface area contributed by atoms with Crippen molar-refractivity contribution in [3.63, 3.8) is 0 Å². The van der Waals surface area contributed by atoms with Gasteiger partial charge in [-0.15, -0.1) is 5.10 Å². The number of anilines is 2. The molecule has 0 spiro atoms. The third-order valence-corrected chi connectivity index (χ3v) is 6.69. The Hall–Kier alpha value is -3.46. The number of hydrogen-bond donors (Lipinski definition) is 1. The first-order valence-electron chi connectivity index (χ1n) is 11.5. The number of nitrogens with zero attached hydrogens (tertiary/aromatic N) is 6. The molecule has 1 N–H and O–H groups in total. The van der Waals surface area contributed by atoms with Crippen LogP contribution in [0.2, 0.25) is 0 Å². The lowest BCUT2D eigenvalue weighted by Crippen LogP contribution is -2.48. The maximum absolute atomic E-state index is 12.7. The van der Waals surface area contributed by atoms with Gasteiger partial charge in [-0.2, -0.15) is 4.52 Å². The van der Waals surface area contributed by atoms with Crippen molar-refractivity contribution < 1.29 is 4.79 Å². The summed E-state index contributed by atoms with van der Waals surface area (Å²) in [5.41, 5.74) is 3.67. The van der Waals surface area contributed by atoms with Crippen LogP contribution in [0.25, 0.3) is 16.2 Å². The van der Waals surface area contributed by atoms with Crippen LogP contribution in [0.3, 0.4) is 0 Å². The van der Waals surface area contributed by atoms with Crippen LogP contribution in [0.5, 0.6) is 0 Å². The average Bonchev–Trinajstić information content (AvgIpc) is 3.38. The molecule has 3 aromatic heterocycles. The van der Waals surface area contributed by atoms with Gasteiger partial charge in [0.15, 0.2) is 5.82 Å². The molecule has 0 radical (unpaired) electrons. The van der Waals surface area contributed by atoms with Crippen LogP contribution in [-0.4, -0.2) is 62.1 Å². The molecule has 34 heavy (non-hydrogen) atoms. The predicted molar refractivity (Wildman–Crippen MR) is 137 cm³/mol. The number of aryl methyl sites for hydroxylation is 1. The molecule has 0 atom stereocenters. The van der Waals surface area contributed by atoms with Gasteiger partial charge in [-0.1, -0.05) is 35.1 Å². The Kier molecular flexibility index (Phi) is 5.73. The summed E-state index contributed by atoms with van der Waals surface area (Å²) in [4.78, 5) is 26.8. The maximum atomic E-state index is 12.7. The Morgan fingerprint density at radius 3 is 2.56 bits per heavy atom. The maximum Gasteiger partial charge on any atom is 0.255 e. The number of nitrogens with one attached hydrogen (secondary N) is 1. The van der Waals surface area contributed by atoms with Crippen molar-refractivity contribution in [2.24, 2.45) is 0 Å². The normalized spacial score (nSPS) is 14.6. The summed E-state index contributed by atoms with van der Waals surface area (Å²) in [7, 11) is 0. The number of hydrogen-bond acceptors (Lipinski definition) is 7. The molecule has 0 aliphatic carbocycles. The molecule has 4 aromatic rings. The van der Waals surface area contributed by atoms with Crippen LogP contribution >= 0.6 is 11.3 Å². The van der Waals surface area contributed by atoms with E-state index < -0.39 is 0 Å². The van der Waals surface area contributed by atoms with Gasteiger partial charge in [0.2, 0.25) is 10.1 Å². The zero-order valence-corrected chi connectivity index (χ0v) is 20.8. The minimum atomic E-state index is -0.142. The van der Waals surface area contributed by atoms with Crippen LogP contribution in [0.1, 0.15) is 36.7 Å². The third kappa shape index (κ3) is 4.48. The third-order valence-electron chi connectivity index (χ3n) is 5.72. The van der Waals surface area contributed by atoms with Crippen molar-refractivity contribution in [2.45, 2.75) is 33.2 Å². The first kappa shape index (κ1) is 22.3. The standard InChI is InChI=1S/C25H29N7OS/c1-17-7-5-8-18(15-17)20-21(28-25(2,3)4)32-23(27-20)34-24(29-32)31-13-11-30(12-14-31)22(33)19-9-6-10-26-16-19/h5-10,15-16,28H,11-14H2,1-4H3. The molecule has 9 heteroatoms. The Bertz CT molecular complexity index is 1310. The van der Waals surface area contributed by atoms with Crippen LogP contribution < -0.4 is 10.2 Å². The zero-order valence-electron chi connectivity index (χ0n) is 19.9. The molecule has 1 saturated heterocycles. The van der Waals surface area contributed by atoms with Crippen molar-refractivity contribution >= 4 is 33.2 Å². The summed E-state index contributed by atoms with van der Waals surface area (Å²) < 4.78 is 1.93. The quantitative estimate of drug-likeness (QED) is 0.473. The fourth-order valence-corrected chi connectivity index (χ4v) is 5.05. The lowest BCUT2D eigenvalue weighted by Gasteiger charge is -2.34. The summed E-state index contributed by atoms with van der Waals surface area (Å²) in [6, 6.07) is 12.0. The minimum Gasteiger partial charge on any atom is -0.364 e. The Morgan fingerprint density at radius 2 is 1.88 bits per heavy atom. The summed E-state index contributed by atoms with van der Waals surface area (Å²) in [6.45, 7) is 11.3. The fraction of sp³-hybridized carbons (Fsp3) is 0.360. The molecule has 0 bridgehead atoms. The van der Waals surface area contributed by atoms with Crippen molar-refractivity contribution in [1.82, 2.24) is 24.5 Å². The summed E-state index contributed by atoms with van der Waals surface area (Å²) in [6.07, 6.45) is 3.31. The topological polar surface area (TPSA) is 78.7 Å². The molecule has 1 fully saturated rings. The van der Waals surface area contributed by atoms with Crippen LogP contribution in [0, 0.1) is 6.92 Å². The molecule has 1 aliphatic heterocycles. The van der Waals surface area contributed by atoms with E-state index in [2.05, 4.69) is 67.2 Å². The van der Waals surface area contributed by atoms with E-state index in [0.29, 0.717) is 18.7 Å². The van der Waals surface area contributed by atoms with Crippen molar-refractivity contribution in [2.75, 3.05) is 36.4 Å².